The van der Waals surface area contributed by atoms with E-state index in [-0.39, 0.29) is 6.79 Å². The van der Waals surface area contributed by atoms with Crippen LogP contribution in [0.2, 0.25) is 0 Å². The summed E-state index contributed by atoms with van der Waals surface area (Å²) in [6, 6.07) is 18.2. The highest BCUT2D eigenvalue weighted by molar-refractivity contribution is 5.93. The lowest BCUT2D eigenvalue weighted by Crippen LogP contribution is -2.10. The lowest BCUT2D eigenvalue weighted by molar-refractivity contribution is 0.100. The summed E-state index contributed by atoms with van der Waals surface area (Å²) in [6.07, 6.45) is 0. The van der Waals surface area contributed by atoms with E-state index in [4.69, 9.17) is 25.3 Å². The van der Waals surface area contributed by atoms with Gasteiger partial charge in [-0.1, -0.05) is 18.2 Å². The van der Waals surface area contributed by atoms with Gasteiger partial charge < -0.3 is 15.2 Å². The Bertz CT molecular complexity index is 1260. The van der Waals surface area contributed by atoms with Crippen LogP contribution in [-0.2, 0) is 0 Å². The van der Waals surface area contributed by atoms with Crippen molar-refractivity contribution in [3.05, 3.63) is 71.9 Å². The van der Waals surface area contributed by atoms with Crippen molar-refractivity contribution < 1.29 is 14.3 Å². The molecular weight excluding hydrogens is 382 g/mol. The molecule has 8 nitrogen and oxygen atoms in total. The maximum Gasteiger partial charge on any atom is 0.248 e. The number of rotatable bonds is 4. The largest absolute Gasteiger partial charge is 0.454 e. The second-order valence-electron chi connectivity index (χ2n) is 6.82. The summed E-state index contributed by atoms with van der Waals surface area (Å²) in [7, 11) is 0. The van der Waals surface area contributed by atoms with Crippen molar-refractivity contribution in [2.45, 2.75) is 6.92 Å². The molecular formula is C22H17N5O3. The van der Waals surface area contributed by atoms with Crippen LogP contribution in [0.5, 0.6) is 11.5 Å². The van der Waals surface area contributed by atoms with E-state index in [0.29, 0.717) is 34.5 Å². The Morgan fingerprint density at radius 3 is 2.50 bits per heavy atom. The Labute approximate surface area is 171 Å². The number of hydrogen-bond donors (Lipinski definition) is 1. The standard InChI is InChI=1S/C22H17N5O3/c1-13-3-2-4-19(24-13)27-22(16-9-10-17-18(11-16)30-12-29-17)25-21(26-27)15-7-5-14(6-8-15)20(23)28/h2-11H,12H2,1H3,(H2,23,28). The molecule has 0 unspecified atom stereocenters. The number of carbonyl (C=O) groups excluding carboxylic acids is 1. The molecule has 2 aromatic heterocycles. The van der Waals surface area contributed by atoms with Gasteiger partial charge in [0.1, 0.15) is 0 Å². The lowest BCUT2D eigenvalue weighted by atomic mass is 10.1. The van der Waals surface area contributed by atoms with Crippen LogP contribution < -0.4 is 15.2 Å². The van der Waals surface area contributed by atoms with Crippen LogP contribution in [0.3, 0.4) is 0 Å². The highest BCUT2D eigenvalue weighted by Crippen LogP contribution is 2.36. The van der Waals surface area contributed by atoms with E-state index in [0.717, 1.165) is 16.8 Å². The minimum absolute atomic E-state index is 0.197. The molecule has 0 atom stereocenters. The first-order valence-electron chi connectivity index (χ1n) is 9.30. The quantitative estimate of drug-likeness (QED) is 0.565. The molecule has 2 N–H and O–H groups in total. The molecule has 0 spiro atoms. The molecule has 3 heterocycles. The molecule has 0 aliphatic carbocycles. The molecule has 1 aliphatic rings. The third-order valence-electron chi connectivity index (χ3n) is 4.76. The average Bonchev–Trinajstić information content (AvgIpc) is 3.40. The van der Waals surface area contributed by atoms with Gasteiger partial charge in [0.2, 0.25) is 12.7 Å². The van der Waals surface area contributed by atoms with Crippen molar-refractivity contribution in [3.8, 4) is 40.1 Å². The number of nitrogens with two attached hydrogens (primary N) is 1. The Balaban J connectivity index is 1.65. The monoisotopic (exact) mass is 399 g/mol. The predicted octanol–water partition coefficient (Wildman–Crippen LogP) is 3.13. The Morgan fingerprint density at radius 1 is 0.967 bits per heavy atom. The highest BCUT2D eigenvalue weighted by atomic mass is 16.7. The maximum absolute atomic E-state index is 11.4. The van der Waals surface area contributed by atoms with Gasteiger partial charge in [-0.15, -0.1) is 5.10 Å². The topological polar surface area (TPSA) is 105 Å². The first kappa shape index (κ1) is 17.9. The van der Waals surface area contributed by atoms with Crippen LogP contribution in [-0.4, -0.2) is 32.4 Å². The maximum atomic E-state index is 11.4. The average molecular weight is 399 g/mol. The fraction of sp³-hybridized carbons (Fsp3) is 0.0909. The molecule has 0 saturated heterocycles. The summed E-state index contributed by atoms with van der Waals surface area (Å²) >= 11 is 0. The van der Waals surface area contributed by atoms with Gasteiger partial charge in [0.05, 0.1) is 0 Å². The van der Waals surface area contributed by atoms with E-state index in [1.54, 1.807) is 28.9 Å². The van der Waals surface area contributed by atoms with Gasteiger partial charge in [-0.05, 0) is 49.4 Å². The minimum atomic E-state index is -0.481. The molecule has 148 valence electrons. The summed E-state index contributed by atoms with van der Waals surface area (Å²) in [6.45, 7) is 2.12. The zero-order valence-electron chi connectivity index (χ0n) is 16.1. The second kappa shape index (κ2) is 7.00. The molecule has 0 bridgehead atoms. The van der Waals surface area contributed by atoms with E-state index in [1.807, 2.05) is 43.3 Å². The van der Waals surface area contributed by atoms with Crippen molar-refractivity contribution in [2.75, 3.05) is 6.79 Å². The van der Waals surface area contributed by atoms with Crippen LogP contribution >= 0.6 is 0 Å². The minimum Gasteiger partial charge on any atom is -0.454 e. The Morgan fingerprint density at radius 2 is 1.73 bits per heavy atom. The number of hydrogen-bond acceptors (Lipinski definition) is 6. The summed E-state index contributed by atoms with van der Waals surface area (Å²) in [5.41, 5.74) is 8.20. The van der Waals surface area contributed by atoms with Gasteiger partial charge in [0, 0.05) is 22.4 Å². The molecule has 5 rings (SSSR count). The fourth-order valence-electron chi connectivity index (χ4n) is 3.25. The Hall–Kier alpha value is -4.20. The van der Waals surface area contributed by atoms with Gasteiger partial charge in [-0.3, -0.25) is 4.79 Å². The van der Waals surface area contributed by atoms with E-state index in [9.17, 15) is 4.79 Å². The van der Waals surface area contributed by atoms with Crippen LogP contribution in [0.4, 0.5) is 0 Å². The first-order valence-corrected chi connectivity index (χ1v) is 9.30. The Kier molecular flexibility index (Phi) is 4.17. The number of nitrogens with zero attached hydrogens (tertiary/aromatic N) is 4. The van der Waals surface area contributed by atoms with Gasteiger partial charge in [0.25, 0.3) is 0 Å². The molecule has 0 fully saturated rings. The normalized spacial score (nSPS) is 12.2. The van der Waals surface area contributed by atoms with Gasteiger partial charge in [-0.2, -0.15) is 4.68 Å². The number of amides is 1. The van der Waals surface area contributed by atoms with Crippen molar-refractivity contribution in [1.82, 2.24) is 19.7 Å². The smallest absolute Gasteiger partial charge is 0.248 e. The zero-order valence-corrected chi connectivity index (χ0v) is 16.1. The highest BCUT2D eigenvalue weighted by Gasteiger charge is 2.20. The van der Waals surface area contributed by atoms with Crippen LogP contribution in [0.15, 0.2) is 60.7 Å². The van der Waals surface area contributed by atoms with Gasteiger partial charge in [-0.25, -0.2) is 9.97 Å². The number of benzene rings is 2. The van der Waals surface area contributed by atoms with E-state index in [1.165, 1.54) is 0 Å². The number of aromatic nitrogens is 4. The fourth-order valence-corrected chi connectivity index (χ4v) is 3.25. The molecule has 4 aromatic rings. The third kappa shape index (κ3) is 3.14. The first-order chi connectivity index (χ1) is 14.6. The summed E-state index contributed by atoms with van der Waals surface area (Å²) in [4.78, 5) is 20.7. The van der Waals surface area contributed by atoms with Gasteiger partial charge >= 0.3 is 0 Å². The number of carbonyl (C=O) groups is 1. The predicted molar refractivity (Wildman–Crippen MR) is 109 cm³/mol. The molecule has 8 heteroatoms. The van der Waals surface area contributed by atoms with Gasteiger partial charge in [0.15, 0.2) is 29.0 Å². The zero-order chi connectivity index (χ0) is 20.7. The van der Waals surface area contributed by atoms with E-state index >= 15 is 0 Å². The number of pyridine rings is 1. The van der Waals surface area contributed by atoms with Crippen molar-refractivity contribution in [3.63, 3.8) is 0 Å². The van der Waals surface area contributed by atoms with E-state index in [2.05, 4.69) is 4.98 Å². The molecule has 0 saturated carbocycles. The summed E-state index contributed by atoms with van der Waals surface area (Å²) in [5, 5.41) is 4.69. The second-order valence-corrected chi connectivity index (χ2v) is 6.82. The number of aryl methyl sites for hydroxylation is 1. The number of fused-ring (bicyclic) bond motifs is 1. The molecule has 2 aromatic carbocycles. The molecule has 1 aliphatic heterocycles. The molecule has 30 heavy (non-hydrogen) atoms. The molecule has 1 amide bonds. The lowest BCUT2D eigenvalue weighted by Gasteiger charge is -2.06. The van der Waals surface area contributed by atoms with Crippen molar-refractivity contribution in [1.29, 1.82) is 0 Å². The summed E-state index contributed by atoms with van der Waals surface area (Å²) in [5.74, 6) is 2.63. The van der Waals surface area contributed by atoms with E-state index < -0.39 is 5.91 Å². The van der Waals surface area contributed by atoms with Crippen LogP contribution in [0.1, 0.15) is 16.1 Å². The SMILES string of the molecule is Cc1cccc(-n2nc(-c3ccc(C(N)=O)cc3)nc2-c2ccc3c(c2)OCO3)n1. The molecule has 0 radical (unpaired) electrons. The van der Waals surface area contributed by atoms with Crippen molar-refractivity contribution >= 4 is 5.91 Å². The summed E-state index contributed by atoms with van der Waals surface area (Å²) < 4.78 is 12.6. The third-order valence-corrected chi connectivity index (χ3v) is 4.76. The number of ether oxygens (including phenoxy) is 2. The van der Waals surface area contributed by atoms with Crippen LogP contribution in [0.25, 0.3) is 28.6 Å². The van der Waals surface area contributed by atoms with Crippen molar-refractivity contribution in [2.24, 2.45) is 5.73 Å². The van der Waals surface area contributed by atoms with Crippen LogP contribution in [0, 0.1) is 6.92 Å². The number of primary amides is 1.